The predicted molar refractivity (Wildman–Crippen MR) is 59.7 cm³/mol. The summed E-state index contributed by atoms with van der Waals surface area (Å²) in [7, 11) is 0. The molecule has 1 aromatic rings. The number of rotatable bonds is 2. The lowest BCUT2D eigenvalue weighted by Gasteiger charge is -2.23. The largest absolute Gasteiger partial charge is 0.353 e. The molecule has 0 radical (unpaired) electrons. The summed E-state index contributed by atoms with van der Waals surface area (Å²) in [6.07, 6.45) is 0.776. The minimum Gasteiger partial charge on any atom is -0.353 e. The van der Waals surface area contributed by atoms with E-state index in [1.54, 1.807) is 0 Å². The minimum atomic E-state index is -0.0696. The molecule has 1 unspecified atom stereocenters. The van der Waals surface area contributed by atoms with Crippen LogP contribution < -0.4 is 10.6 Å². The molecule has 0 aromatic heterocycles. The second-order valence-electron chi connectivity index (χ2n) is 3.93. The summed E-state index contributed by atoms with van der Waals surface area (Å²) < 4.78 is 0. The van der Waals surface area contributed by atoms with Crippen LogP contribution in [0.3, 0.4) is 0 Å². The molecule has 0 spiro atoms. The third kappa shape index (κ3) is 2.36. The number of nitrogens with one attached hydrogen (secondary N) is 2. The van der Waals surface area contributed by atoms with Gasteiger partial charge in [-0.1, -0.05) is 24.3 Å². The lowest BCUT2D eigenvalue weighted by molar-refractivity contribution is -0.124. The second kappa shape index (κ2) is 4.45. The maximum atomic E-state index is 11.5. The van der Waals surface area contributed by atoms with Gasteiger partial charge < -0.3 is 10.6 Å². The molecule has 1 fully saturated rings. The first-order valence-electron chi connectivity index (χ1n) is 5.33. The van der Waals surface area contributed by atoms with Crippen LogP contribution >= 0.6 is 0 Å². The molecule has 2 rings (SSSR count). The van der Waals surface area contributed by atoms with Gasteiger partial charge >= 0.3 is 0 Å². The number of carbonyl (C=O) groups excluding carboxylic acids is 1. The van der Waals surface area contributed by atoms with Crippen LogP contribution in [-0.4, -0.2) is 25.0 Å². The average Bonchev–Trinajstić information content (AvgIpc) is 2.24. The lowest BCUT2D eigenvalue weighted by atomic mass is 10.00. The monoisotopic (exact) mass is 204 g/mol. The first-order chi connectivity index (χ1) is 7.27. The van der Waals surface area contributed by atoms with Gasteiger partial charge in [0.1, 0.15) is 0 Å². The number of carbonyl (C=O) groups is 1. The van der Waals surface area contributed by atoms with Crippen molar-refractivity contribution >= 4 is 5.91 Å². The fourth-order valence-electron chi connectivity index (χ4n) is 1.87. The van der Waals surface area contributed by atoms with Gasteiger partial charge in [-0.05, 0) is 24.5 Å². The summed E-state index contributed by atoms with van der Waals surface area (Å²) in [4.78, 5) is 11.5. The maximum Gasteiger partial charge on any atom is 0.237 e. The molecule has 3 nitrogen and oxygen atoms in total. The number of aryl methyl sites for hydroxylation is 1. The topological polar surface area (TPSA) is 41.1 Å². The van der Waals surface area contributed by atoms with E-state index in [1.807, 2.05) is 12.1 Å². The summed E-state index contributed by atoms with van der Waals surface area (Å²) >= 11 is 0. The van der Waals surface area contributed by atoms with Crippen LogP contribution in [0.4, 0.5) is 0 Å². The van der Waals surface area contributed by atoms with E-state index in [1.165, 1.54) is 11.1 Å². The van der Waals surface area contributed by atoms with Crippen molar-refractivity contribution < 1.29 is 4.79 Å². The van der Waals surface area contributed by atoms with Crippen molar-refractivity contribution in [2.75, 3.05) is 13.1 Å². The summed E-state index contributed by atoms with van der Waals surface area (Å²) in [6, 6.07) is 8.13. The highest BCUT2D eigenvalue weighted by atomic mass is 16.2. The van der Waals surface area contributed by atoms with Gasteiger partial charge in [-0.15, -0.1) is 0 Å². The fraction of sp³-hybridized carbons (Fsp3) is 0.417. The van der Waals surface area contributed by atoms with Gasteiger partial charge in [-0.25, -0.2) is 0 Å². The maximum absolute atomic E-state index is 11.5. The van der Waals surface area contributed by atoms with Gasteiger partial charge in [-0.2, -0.15) is 0 Å². The Labute approximate surface area is 89.9 Å². The second-order valence-corrected chi connectivity index (χ2v) is 3.93. The quantitative estimate of drug-likeness (QED) is 0.741. The lowest BCUT2D eigenvalue weighted by Crippen LogP contribution is -2.53. The third-order valence-corrected chi connectivity index (χ3v) is 2.82. The molecule has 1 heterocycles. The van der Waals surface area contributed by atoms with E-state index in [9.17, 15) is 4.79 Å². The Hall–Kier alpha value is -1.35. The highest BCUT2D eigenvalue weighted by molar-refractivity contribution is 5.82. The van der Waals surface area contributed by atoms with Gasteiger partial charge in [0.25, 0.3) is 0 Å². The molecule has 15 heavy (non-hydrogen) atoms. The molecule has 1 aliphatic rings. The number of hydrogen-bond donors (Lipinski definition) is 2. The zero-order chi connectivity index (χ0) is 10.7. The van der Waals surface area contributed by atoms with E-state index in [2.05, 4.69) is 29.7 Å². The van der Waals surface area contributed by atoms with Crippen LogP contribution in [0.5, 0.6) is 0 Å². The summed E-state index contributed by atoms with van der Waals surface area (Å²) in [5, 5.41) is 6.10. The zero-order valence-corrected chi connectivity index (χ0v) is 8.92. The van der Waals surface area contributed by atoms with Crippen molar-refractivity contribution in [1.82, 2.24) is 10.6 Å². The Bertz CT molecular complexity index is 362. The van der Waals surface area contributed by atoms with Crippen LogP contribution in [0.1, 0.15) is 11.1 Å². The Kier molecular flexibility index (Phi) is 3.02. The van der Waals surface area contributed by atoms with Crippen molar-refractivity contribution in [2.24, 2.45) is 0 Å². The third-order valence-electron chi connectivity index (χ3n) is 2.82. The molecule has 0 bridgehead atoms. The first-order valence-corrected chi connectivity index (χ1v) is 5.33. The molecule has 0 aliphatic carbocycles. The van der Waals surface area contributed by atoms with Crippen LogP contribution in [0.25, 0.3) is 0 Å². The molecule has 0 saturated carbocycles. The van der Waals surface area contributed by atoms with Crippen LogP contribution in [0, 0.1) is 6.92 Å². The minimum absolute atomic E-state index is 0.0696. The van der Waals surface area contributed by atoms with Crippen molar-refractivity contribution in [3.63, 3.8) is 0 Å². The van der Waals surface area contributed by atoms with Gasteiger partial charge in [-0.3, -0.25) is 4.79 Å². The Morgan fingerprint density at radius 3 is 2.87 bits per heavy atom. The van der Waals surface area contributed by atoms with Crippen molar-refractivity contribution in [1.29, 1.82) is 0 Å². The SMILES string of the molecule is Cc1ccccc1CC1NCCNC1=O. The van der Waals surface area contributed by atoms with Crippen molar-refractivity contribution in [3.05, 3.63) is 35.4 Å². The normalized spacial score (nSPS) is 21.1. The number of amides is 1. The number of piperazine rings is 1. The molecule has 3 heteroatoms. The average molecular weight is 204 g/mol. The first kappa shape index (κ1) is 10.2. The van der Waals surface area contributed by atoms with Crippen LogP contribution in [0.15, 0.2) is 24.3 Å². The van der Waals surface area contributed by atoms with E-state index in [4.69, 9.17) is 0 Å². The molecular formula is C12H16N2O. The van der Waals surface area contributed by atoms with E-state index < -0.39 is 0 Å². The van der Waals surface area contributed by atoms with E-state index in [0.29, 0.717) is 0 Å². The summed E-state index contributed by atoms with van der Waals surface area (Å²) in [5.41, 5.74) is 2.49. The van der Waals surface area contributed by atoms with E-state index >= 15 is 0 Å². The van der Waals surface area contributed by atoms with Gasteiger partial charge in [0, 0.05) is 13.1 Å². The highest BCUT2D eigenvalue weighted by Crippen LogP contribution is 2.10. The molecule has 1 amide bonds. The smallest absolute Gasteiger partial charge is 0.237 e. The number of hydrogen-bond acceptors (Lipinski definition) is 2. The highest BCUT2D eigenvalue weighted by Gasteiger charge is 2.21. The van der Waals surface area contributed by atoms with E-state index in [-0.39, 0.29) is 11.9 Å². The van der Waals surface area contributed by atoms with Crippen LogP contribution in [-0.2, 0) is 11.2 Å². The van der Waals surface area contributed by atoms with Gasteiger partial charge in [0.2, 0.25) is 5.91 Å². The number of benzene rings is 1. The molecule has 1 saturated heterocycles. The Balaban J connectivity index is 2.08. The van der Waals surface area contributed by atoms with Crippen molar-refractivity contribution in [3.8, 4) is 0 Å². The molecule has 2 N–H and O–H groups in total. The van der Waals surface area contributed by atoms with Crippen molar-refractivity contribution in [2.45, 2.75) is 19.4 Å². The fourth-order valence-corrected chi connectivity index (χ4v) is 1.87. The molecular weight excluding hydrogens is 188 g/mol. The molecule has 80 valence electrons. The Morgan fingerprint density at radius 1 is 1.33 bits per heavy atom. The standard InChI is InChI=1S/C12H16N2O/c1-9-4-2-3-5-10(9)8-11-12(15)14-7-6-13-11/h2-5,11,13H,6-8H2,1H3,(H,14,15). The van der Waals surface area contributed by atoms with Crippen LogP contribution in [0.2, 0.25) is 0 Å². The molecule has 1 aliphatic heterocycles. The van der Waals surface area contributed by atoms with E-state index in [0.717, 1.165) is 19.5 Å². The molecule has 1 atom stereocenters. The van der Waals surface area contributed by atoms with Gasteiger partial charge in [0.15, 0.2) is 0 Å². The zero-order valence-electron chi connectivity index (χ0n) is 8.92. The van der Waals surface area contributed by atoms with Gasteiger partial charge in [0.05, 0.1) is 6.04 Å². The summed E-state index contributed by atoms with van der Waals surface area (Å²) in [5.74, 6) is 0.115. The predicted octanol–water partition coefficient (Wildman–Crippen LogP) is 0.626. The summed E-state index contributed by atoms with van der Waals surface area (Å²) in [6.45, 7) is 3.68. The Morgan fingerprint density at radius 2 is 2.13 bits per heavy atom. The molecule has 1 aromatic carbocycles.